The van der Waals surface area contributed by atoms with Gasteiger partial charge in [0.2, 0.25) is 5.82 Å². The molecule has 2 atom stereocenters. The van der Waals surface area contributed by atoms with Crippen molar-refractivity contribution in [3.05, 3.63) is 65.8 Å². The number of ether oxygens (including phenoxy) is 2. The molecule has 0 bridgehead atoms. The molecular weight excluding hydrogens is 456 g/mol. The quantitative estimate of drug-likeness (QED) is 0.273. The molecule has 0 N–H and O–H groups in total. The molecule has 0 radical (unpaired) electrons. The molecular formula is C29H34F4O2. The lowest BCUT2D eigenvalue weighted by atomic mass is 9.72. The molecule has 2 aromatic carbocycles. The summed E-state index contributed by atoms with van der Waals surface area (Å²) in [5.41, 5.74) is -0.542. The van der Waals surface area contributed by atoms with Gasteiger partial charge in [0.25, 0.3) is 0 Å². The molecule has 2 unspecified atom stereocenters. The molecule has 1 aliphatic carbocycles. The van der Waals surface area contributed by atoms with Crippen LogP contribution < -0.4 is 4.74 Å². The molecule has 6 heteroatoms. The molecule has 4 rings (SSSR count). The fraction of sp³-hybridized carbons (Fsp3) is 0.517. The largest absolute Gasteiger partial charge is 0.491 e. The maximum atomic E-state index is 15.1. The van der Waals surface area contributed by atoms with Gasteiger partial charge in [-0.2, -0.15) is 4.39 Å². The lowest BCUT2D eigenvalue weighted by molar-refractivity contribution is -0.0420. The monoisotopic (exact) mass is 490 g/mol. The first-order valence-corrected chi connectivity index (χ1v) is 12.8. The van der Waals surface area contributed by atoms with Gasteiger partial charge in [0, 0.05) is 16.7 Å². The van der Waals surface area contributed by atoms with Crippen molar-refractivity contribution in [3.63, 3.8) is 0 Å². The van der Waals surface area contributed by atoms with E-state index in [-0.39, 0.29) is 29.0 Å². The molecule has 1 heterocycles. The van der Waals surface area contributed by atoms with Gasteiger partial charge in [-0.1, -0.05) is 31.1 Å². The molecule has 0 amide bonds. The Morgan fingerprint density at radius 3 is 2.14 bits per heavy atom. The average molecular weight is 491 g/mol. The Hall–Kier alpha value is -2.34. The molecule has 1 aliphatic heterocycles. The smallest absolute Gasteiger partial charge is 0.201 e. The maximum absolute atomic E-state index is 15.1. The summed E-state index contributed by atoms with van der Waals surface area (Å²) in [5.74, 6) is -3.16. The van der Waals surface area contributed by atoms with Crippen molar-refractivity contribution in [1.82, 2.24) is 0 Å². The van der Waals surface area contributed by atoms with Crippen LogP contribution in [0.3, 0.4) is 0 Å². The van der Waals surface area contributed by atoms with Gasteiger partial charge in [0.15, 0.2) is 23.2 Å². The van der Waals surface area contributed by atoms with E-state index in [2.05, 4.69) is 6.58 Å². The first-order chi connectivity index (χ1) is 16.9. The van der Waals surface area contributed by atoms with Gasteiger partial charge in [0.1, 0.15) is 0 Å². The third kappa shape index (κ3) is 5.58. The van der Waals surface area contributed by atoms with Crippen LogP contribution in [0.15, 0.2) is 36.9 Å². The minimum Gasteiger partial charge on any atom is -0.491 e. The average Bonchev–Trinajstić information content (AvgIpc) is 2.88. The van der Waals surface area contributed by atoms with E-state index in [1.54, 1.807) is 6.92 Å². The van der Waals surface area contributed by atoms with Crippen LogP contribution in [0.4, 0.5) is 17.6 Å². The number of benzene rings is 2. The topological polar surface area (TPSA) is 18.5 Å². The number of halogens is 4. The SMILES string of the molecule is C=CCCC1CCC(C2CCC(c3ccc(-c4ccc(OCC)c(F)c4F)c(F)c3F)OC2)CC1. The first-order valence-electron chi connectivity index (χ1n) is 12.8. The second-order valence-corrected chi connectivity index (χ2v) is 9.81. The summed E-state index contributed by atoms with van der Waals surface area (Å²) in [5, 5.41) is 0. The number of hydrogen-bond donors (Lipinski definition) is 0. The van der Waals surface area contributed by atoms with Crippen molar-refractivity contribution in [2.75, 3.05) is 13.2 Å². The zero-order valence-corrected chi connectivity index (χ0v) is 20.3. The molecule has 2 fully saturated rings. The number of hydrogen-bond acceptors (Lipinski definition) is 2. The Morgan fingerprint density at radius 2 is 1.51 bits per heavy atom. The molecule has 2 nitrogen and oxygen atoms in total. The minimum absolute atomic E-state index is 0.129. The Balaban J connectivity index is 1.41. The molecule has 35 heavy (non-hydrogen) atoms. The first kappa shape index (κ1) is 25.7. The number of rotatable bonds is 8. The molecule has 1 saturated heterocycles. The van der Waals surface area contributed by atoms with E-state index in [0.29, 0.717) is 24.9 Å². The van der Waals surface area contributed by atoms with Crippen LogP contribution in [0.2, 0.25) is 0 Å². The number of allylic oxidation sites excluding steroid dienone is 1. The van der Waals surface area contributed by atoms with Gasteiger partial charge in [-0.05, 0) is 75.3 Å². The van der Waals surface area contributed by atoms with Crippen molar-refractivity contribution in [1.29, 1.82) is 0 Å². The molecule has 0 spiro atoms. The van der Waals surface area contributed by atoms with Gasteiger partial charge in [-0.15, -0.1) is 6.58 Å². The summed E-state index contributed by atoms with van der Waals surface area (Å²) in [6.45, 7) is 6.15. The summed E-state index contributed by atoms with van der Waals surface area (Å²) in [4.78, 5) is 0. The van der Waals surface area contributed by atoms with Crippen molar-refractivity contribution in [2.45, 2.75) is 64.4 Å². The molecule has 1 saturated carbocycles. The van der Waals surface area contributed by atoms with Crippen LogP contribution in [0.5, 0.6) is 5.75 Å². The van der Waals surface area contributed by atoms with Crippen LogP contribution in [0, 0.1) is 41.0 Å². The van der Waals surface area contributed by atoms with Crippen molar-refractivity contribution in [3.8, 4) is 16.9 Å². The van der Waals surface area contributed by atoms with E-state index in [0.717, 1.165) is 18.8 Å². The molecule has 190 valence electrons. The van der Waals surface area contributed by atoms with E-state index in [9.17, 15) is 13.2 Å². The Labute approximate surface area is 205 Å². The second-order valence-electron chi connectivity index (χ2n) is 9.81. The lowest BCUT2D eigenvalue weighted by Crippen LogP contribution is -2.30. The third-order valence-corrected chi connectivity index (χ3v) is 7.74. The molecule has 2 aliphatic rings. The van der Waals surface area contributed by atoms with Gasteiger partial charge < -0.3 is 9.47 Å². The van der Waals surface area contributed by atoms with Crippen molar-refractivity contribution >= 4 is 0 Å². The minimum atomic E-state index is -1.27. The zero-order valence-electron chi connectivity index (χ0n) is 20.3. The summed E-state index contributed by atoms with van der Waals surface area (Å²) < 4.78 is 69.9. The fourth-order valence-corrected chi connectivity index (χ4v) is 5.72. The normalized spacial score (nSPS) is 24.8. The highest BCUT2D eigenvalue weighted by Gasteiger charge is 2.33. The van der Waals surface area contributed by atoms with Crippen LogP contribution in [0.25, 0.3) is 11.1 Å². The maximum Gasteiger partial charge on any atom is 0.201 e. The van der Waals surface area contributed by atoms with Crippen molar-refractivity contribution < 1.29 is 27.0 Å². The van der Waals surface area contributed by atoms with Crippen LogP contribution >= 0.6 is 0 Å². The second kappa shape index (κ2) is 11.6. The highest BCUT2D eigenvalue weighted by Crippen LogP contribution is 2.42. The van der Waals surface area contributed by atoms with E-state index >= 15 is 4.39 Å². The predicted octanol–water partition coefficient (Wildman–Crippen LogP) is 8.55. The third-order valence-electron chi connectivity index (χ3n) is 7.74. The Morgan fingerprint density at radius 1 is 0.857 bits per heavy atom. The highest BCUT2D eigenvalue weighted by molar-refractivity contribution is 5.66. The predicted molar refractivity (Wildman–Crippen MR) is 129 cm³/mol. The van der Waals surface area contributed by atoms with E-state index in [1.165, 1.54) is 56.4 Å². The summed E-state index contributed by atoms with van der Waals surface area (Å²) in [7, 11) is 0. The Kier molecular flexibility index (Phi) is 8.53. The van der Waals surface area contributed by atoms with E-state index in [4.69, 9.17) is 9.47 Å². The molecule has 0 aromatic heterocycles. The summed E-state index contributed by atoms with van der Waals surface area (Å²) in [6.07, 6.45) is 10.1. The van der Waals surface area contributed by atoms with Crippen molar-refractivity contribution in [2.24, 2.45) is 17.8 Å². The van der Waals surface area contributed by atoms with Crippen LogP contribution in [-0.2, 0) is 4.74 Å². The standard InChI is InChI=1S/C29H34F4O2/c1-3-5-6-18-7-9-19(10-8-18)20-11-15-24(35-17-20)23-13-12-21(26(30)28(23)32)22-14-16-25(34-4-2)29(33)27(22)31/h3,12-14,16,18-20,24H,1,4-11,15,17H2,2H3. The van der Waals surface area contributed by atoms with E-state index < -0.39 is 29.4 Å². The van der Waals surface area contributed by atoms with Crippen LogP contribution in [-0.4, -0.2) is 13.2 Å². The lowest BCUT2D eigenvalue weighted by Gasteiger charge is -2.38. The van der Waals surface area contributed by atoms with Gasteiger partial charge in [-0.25, -0.2) is 13.2 Å². The van der Waals surface area contributed by atoms with E-state index in [1.807, 2.05) is 6.08 Å². The van der Waals surface area contributed by atoms with Gasteiger partial charge in [0.05, 0.1) is 19.3 Å². The molecule has 2 aromatic rings. The highest BCUT2D eigenvalue weighted by atomic mass is 19.2. The van der Waals surface area contributed by atoms with Gasteiger partial charge >= 0.3 is 0 Å². The summed E-state index contributed by atoms with van der Waals surface area (Å²) >= 11 is 0. The Bertz CT molecular complexity index is 1020. The van der Waals surface area contributed by atoms with Crippen LogP contribution in [0.1, 0.15) is 70.0 Å². The summed E-state index contributed by atoms with van der Waals surface area (Å²) in [6, 6.07) is 5.15. The fourth-order valence-electron chi connectivity index (χ4n) is 5.72. The van der Waals surface area contributed by atoms with Gasteiger partial charge in [-0.3, -0.25) is 0 Å². The zero-order chi connectivity index (χ0) is 24.9.